The van der Waals surface area contributed by atoms with Crippen LogP contribution in [-0.2, 0) is 22.3 Å². The molecule has 0 bridgehead atoms. The molecule has 6 aromatic carbocycles. The van der Waals surface area contributed by atoms with E-state index in [-0.39, 0.29) is 29.9 Å². The van der Waals surface area contributed by atoms with E-state index in [1.165, 1.54) is 0 Å². The molecule has 0 fully saturated rings. The molecule has 324 valence electrons. The smallest absolute Gasteiger partial charge is 0.233 e. The fourth-order valence-corrected chi connectivity index (χ4v) is 8.97. The first kappa shape index (κ1) is 39.5. The average molecular weight is 854 g/mol. The molecule has 1 aromatic heterocycles. The third kappa shape index (κ3) is 8.56. The minimum atomic E-state index is -2.16. The summed E-state index contributed by atoms with van der Waals surface area (Å²) in [6.45, 7) is 1.64. The van der Waals surface area contributed by atoms with Gasteiger partial charge in [-0.3, -0.25) is 14.8 Å². The predicted octanol–water partition coefficient (Wildman–Crippen LogP) is 9.60. The van der Waals surface area contributed by atoms with Gasteiger partial charge in [-0.15, -0.1) is 0 Å². The first-order valence-corrected chi connectivity index (χ1v) is 21.4. The number of Topliss-reactive ketones (excluding diaryl/α,β-unsaturated/α-hetero) is 1. The Morgan fingerprint density at radius 2 is 1.02 bits per heavy atom. The molecule has 2 aliphatic rings. The van der Waals surface area contributed by atoms with Crippen LogP contribution in [0.5, 0.6) is 11.5 Å². The van der Waals surface area contributed by atoms with Gasteiger partial charge < -0.3 is 23.8 Å². The summed E-state index contributed by atoms with van der Waals surface area (Å²) in [5.41, 5.74) is 5.21. The van der Waals surface area contributed by atoms with E-state index in [4.69, 9.17) is 23.1 Å². The summed E-state index contributed by atoms with van der Waals surface area (Å²) in [7, 11) is 3.33. The van der Waals surface area contributed by atoms with Gasteiger partial charge in [0, 0.05) is 23.6 Å². The highest BCUT2D eigenvalue weighted by atomic mass is 16.5. The molecule has 0 saturated carbocycles. The van der Waals surface area contributed by atoms with Gasteiger partial charge in [0.1, 0.15) is 28.4 Å². The molecule has 7 aromatic rings. The molecule has 10 heteroatoms. The Morgan fingerprint density at radius 3 is 1.42 bits per heavy atom. The van der Waals surface area contributed by atoms with Crippen LogP contribution in [0.2, 0.25) is 0 Å². The molecule has 0 spiro atoms. The van der Waals surface area contributed by atoms with Crippen molar-refractivity contribution < 1.29 is 22.9 Å². The SMILES string of the molecule is COc1ccc(C(c2ccccc2)(c2ccccc2)N2C=NCC(C(C)=O)C2)cc1.[2H]C([2H])([2H])Cc1noc(C2CN=CN(C(c3ccccc3)(c3ccccc3)c3ccc(OC)cc3)C2)n1. The zero-order chi connectivity index (χ0) is 46.9. The zero-order valence-electron chi connectivity index (χ0n) is 39.3. The Kier molecular flexibility index (Phi) is 12.2. The van der Waals surface area contributed by atoms with Crippen molar-refractivity contribution in [3.8, 4) is 11.5 Å². The van der Waals surface area contributed by atoms with Crippen molar-refractivity contribution in [2.45, 2.75) is 37.2 Å². The summed E-state index contributed by atoms with van der Waals surface area (Å²) in [5, 5.41) is 3.93. The number of nitrogens with zero attached hydrogens (tertiary/aromatic N) is 6. The second-order valence-corrected chi connectivity index (χ2v) is 15.8. The number of rotatable bonds is 13. The number of benzene rings is 6. The van der Waals surface area contributed by atoms with E-state index in [2.05, 4.69) is 122 Å². The zero-order valence-corrected chi connectivity index (χ0v) is 36.3. The Labute approximate surface area is 380 Å². The van der Waals surface area contributed by atoms with E-state index in [0.29, 0.717) is 32.1 Å². The number of carbonyl (C=O) groups is 1. The molecule has 3 heterocycles. The van der Waals surface area contributed by atoms with Crippen LogP contribution in [0.15, 0.2) is 184 Å². The van der Waals surface area contributed by atoms with Crippen LogP contribution in [0, 0.1) is 5.92 Å². The normalized spacial score (nSPS) is 17.0. The van der Waals surface area contributed by atoms with Crippen LogP contribution < -0.4 is 9.47 Å². The Bertz CT molecular complexity index is 2660. The minimum absolute atomic E-state index is 0.125. The number of hydrogen-bond donors (Lipinski definition) is 0. The lowest BCUT2D eigenvalue weighted by atomic mass is 9.75. The molecule has 10 nitrogen and oxygen atoms in total. The summed E-state index contributed by atoms with van der Waals surface area (Å²) < 4.78 is 38.9. The molecular formula is C54H54N6O4. The van der Waals surface area contributed by atoms with E-state index in [0.717, 1.165) is 44.9 Å². The quantitative estimate of drug-likeness (QED) is 0.106. The van der Waals surface area contributed by atoms with Crippen molar-refractivity contribution in [2.75, 3.05) is 40.4 Å². The number of hydrogen-bond acceptors (Lipinski definition) is 10. The van der Waals surface area contributed by atoms with Crippen LogP contribution >= 0.6 is 0 Å². The van der Waals surface area contributed by atoms with Crippen molar-refractivity contribution in [3.63, 3.8) is 0 Å². The van der Waals surface area contributed by atoms with Gasteiger partial charge in [0.2, 0.25) is 5.89 Å². The average Bonchev–Trinajstić information content (AvgIpc) is 3.84. The number of aliphatic imine (C=N–C) groups is 2. The number of ether oxygens (including phenoxy) is 2. The maximum absolute atomic E-state index is 12.2. The van der Waals surface area contributed by atoms with Crippen LogP contribution in [0.1, 0.15) is 68.9 Å². The van der Waals surface area contributed by atoms with Crippen molar-refractivity contribution in [3.05, 3.63) is 215 Å². The van der Waals surface area contributed by atoms with Crippen LogP contribution in [0.3, 0.4) is 0 Å². The van der Waals surface area contributed by atoms with Gasteiger partial charge in [0.25, 0.3) is 0 Å². The Morgan fingerprint density at radius 1 is 0.609 bits per heavy atom. The fraction of sp³-hybridized carbons (Fsp3) is 0.241. The molecule has 2 unspecified atom stereocenters. The molecule has 64 heavy (non-hydrogen) atoms. The number of methoxy groups -OCH3 is 2. The second kappa shape index (κ2) is 19.8. The fourth-order valence-electron chi connectivity index (χ4n) is 8.97. The van der Waals surface area contributed by atoms with Crippen molar-refractivity contribution >= 4 is 18.5 Å². The molecule has 0 N–H and O–H groups in total. The number of aromatic nitrogens is 2. The van der Waals surface area contributed by atoms with Crippen molar-refractivity contribution in [1.29, 1.82) is 0 Å². The lowest BCUT2D eigenvalue weighted by Gasteiger charge is -2.47. The van der Waals surface area contributed by atoms with E-state index in [1.54, 1.807) is 21.1 Å². The standard InChI is InChI=1S/C28H28N4O2.C26H26N2O2/c1-3-26-30-27(34-31-26)21-18-29-20-32(19-21)28(22-10-6-4-7-11-22,23-12-8-5-9-13-23)24-14-16-25(33-2)17-15-24;1-20(29)21-17-27-19-28(18-21)26(22-9-5-3-6-10-22,23-11-7-4-8-12-23)24-13-15-25(30-2)16-14-24/h4-17,20-21H,3,18-19H2,1-2H3;3-16,19,21H,17-18H2,1-2H3/i1D3;. The molecule has 2 atom stereocenters. The molecule has 0 aliphatic carbocycles. The first-order chi connectivity index (χ1) is 32.6. The van der Waals surface area contributed by atoms with Crippen LogP contribution in [-0.4, -0.2) is 78.8 Å². The highest BCUT2D eigenvalue weighted by molar-refractivity contribution is 5.80. The number of ketones is 1. The van der Waals surface area contributed by atoms with Crippen molar-refractivity contribution in [2.24, 2.45) is 15.9 Å². The highest BCUT2D eigenvalue weighted by Gasteiger charge is 2.45. The van der Waals surface area contributed by atoms with Gasteiger partial charge in [0.15, 0.2) is 5.82 Å². The minimum Gasteiger partial charge on any atom is -0.497 e. The van der Waals surface area contributed by atoms with E-state index in [9.17, 15) is 4.79 Å². The van der Waals surface area contributed by atoms with E-state index in [1.807, 2.05) is 85.5 Å². The second-order valence-electron chi connectivity index (χ2n) is 15.8. The third-order valence-electron chi connectivity index (χ3n) is 12.1. The highest BCUT2D eigenvalue weighted by Crippen LogP contribution is 2.45. The predicted molar refractivity (Wildman–Crippen MR) is 252 cm³/mol. The molecule has 0 radical (unpaired) electrons. The van der Waals surface area contributed by atoms with Gasteiger partial charge in [-0.2, -0.15) is 4.98 Å². The summed E-state index contributed by atoms with van der Waals surface area (Å²) >= 11 is 0. The molecule has 0 amide bonds. The van der Waals surface area contributed by atoms with E-state index < -0.39 is 17.9 Å². The van der Waals surface area contributed by atoms with Gasteiger partial charge in [-0.25, -0.2) is 0 Å². The monoisotopic (exact) mass is 853 g/mol. The van der Waals surface area contributed by atoms with Crippen LogP contribution in [0.25, 0.3) is 0 Å². The maximum atomic E-state index is 12.2. The maximum Gasteiger partial charge on any atom is 0.233 e. The molecule has 9 rings (SSSR count). The molecular weight excluding hydrogens is 797 g/mol. The number of aryl methyl sites for hydroxylation is 1. The van der Waals surface area contributed by atoms with E-state index >= 15 is 0 Å². The molecule has 2 aliphatic heterocycles. The lowest BCUT2D eigenvalue weighted by Crippen LogP contribution is -2.52. The summed E-state index contributed by atoms with van der Waals surface area (Å²) in [5.74, 6) is 2.00. The van der Waals surface area contributed by atoms with Crippen molar-refractivity contribution in [1.82, 2.24) is 19.9 Å². The largest absolute Gasteiger partial charge is 0.497 e. The summed E-state index contributed by atoms with van der Waals surface area (Å²) in [4.78, 5) is 30.4. The van der Waals surface area contributed by atoms with Gasteiger partial charge in [-0.1, -0.05) is 158 Å². The third-order valence-corrected chi connectivity index (χ3v) is 12.1. The van der Waals surface area contributed by atoms with Crippen LogP contribution in [0.4, 0.5) is 0 Å². The van der Waals surface area contributed by atoms with Gasteiger partial charge in [-0.05, 0) is 64.6 Å². The molecule has 0 saturated heterocycles. The Balaban J connectivity index is 0.000000186. The number of carbonyl (C=O) groups excluding carboxylic acids is 1. The summed E-state index contributed by atoms with van der Waals surface area (Å²) in [6.07, 6.45) is 3.56. The lowest BCUT2D eigenvalue weighted by molar-refractivity contribution is -0.121. The summed E-state index contributed by atoms with van der Waals surface area (Å²) in [6, 6.07) is 57.7. The van der Waals surface area contributed by atoms with Gasteiger partial charge in [0.05, 0.1) is 51.8 Å². The Hall–Kier alpha value is -7.33. The van der Waals surface area contributed by atoms with Gasteiger partial charge >= 0.3 is 0 Å². The topological polar surface area (TPSA) is 106 Å². The first-order valence-electron chi connectivity index (χ1n) is 22.9.